The van der Waals surface area contributed by atoms with E-state index in [0.29, 0.717) is 0 Å². The molecule has 0 spiro atoms. The van der Waals surface area contributed by atoms with E-state index in [1.54, 1.807) is 13.4 Å². The highest BCUT2D eigenvalue weighted by Gasteiger charge is 2.19. The van der Waals surface area contributed by atoms with Crippen molar-refractivity contribution in [2.24, 2.45) is 0 Å². The van der Waals surface area contributed by atoms with E-state index in [-0.39, 0.29) is 0 Å². The van der Waals surface area contributed by atoms with Crippen molar-refractivity contribution in [3.05, 3.63) is 67.1 Å². The summed E-state index contributed by atoms with van der Waals surface area (Å²) in [6.07, 6.45) is 4.80. The molecule has 0 radical (unpaired) electrons. The van der Waals surface area contributed by atoms with Crippen LogP contribution in [-0.2, 0) is 4.74 Å². The Morgan fingerprint density at radius 1 is 1.00 bits per heavy atom. The number of hydrogen-bond donors (Lipinski definition) is 1. The lowest BCUT2D eigenvalue weighted by Gasteiger charge is -2.26. The van der Waals surface area contributed by atoms with Crippen molar-refractivity contribution < 1.29 is 9.47 Å². The fraction of sp³-hybridized carbons (Fsp3) is 0.308. The lowest BCUT2D eigenvalue weighted by molar-refractivity contribution is 0.0378. The molecule has 1 aliphatic heterocycles. The van der Waals surface area contributed by atoms with Gasteiger partial charge >= 0.3 is 0 Å². The topological polar surface area (TPSA) is 64.4 Å². The summed E-state index contributed by atoms with van der Waals surface area (Å²) in [6, 6.07) is 18.4. The number of fused-ring (bicyclic) bond motifs is 1. The summed E-state index contributed by atoms with van der Waals surface area (Å²) in [5.74, 6) is 1.65. The minimum Gasteiger partial charge on any atom is -0.495 e. The summed E-state index contributed by atoms with van der Waals surface area (Å²) < 4.78 is 13.2. The first-order chi connectivity index (χ1) is 16.3. The van der Waals surface area contributed by atoms with Crippen LogP contribution in [0.25, 0.3) is 27.8 Å². The van der Waals surface area contributed by atoms with Gasteiger partial charge in [-0.1, -0.05) is 42.5 Å². The number of nitrogens with zero attached hydrogens (tertiary/aromatic N) is 4. The molecule has 1 aliphatic rings. The van der Waals surface area contributed by atoms with Gasteiger partial charge in [0, 0.05) is 31.4 Å². The molecule has 3 heterocycles. The molecule has 1 N–H and O–H groups in total. The predicted molar refractivity (Wildman–Crippen MR) is 131 cm³/mol. The Bertz CT molecular complexity index is 1200. The number of benzene rings is 2. The molecule has 2 aromatic carbocycles. The Morgan fingerprint density at radius 2 is 1.79 bits per heavy atom. The Labute approximate surface area is 194 Å². The quantitative estimate of drug-likeness (QED) is 0.411. The number of ether oxygens (including phenoxy) is 2. The van der Waals surface area contributed by atoms with Gasteiger partial charge in [-0.05, 0) is 30.7 Å². The van der Waals surface area contributed by atoms with Crippen LogP contribution in [0.2, 0.25) is 0 Å². The summed E-state index contributed by atoms with van der Waals surface area (Å²) in [5.41, 5.74) is 4.02. The number of methoxy groups -OCH3 is 1. The zero-order valence-corrected chi connectivity index (χ0v) is 18.9. The monoisotopic (exact) mass is 443 g/mol. The van der Waals surface area contributed by atoms with E-state index in [2.05, 4.69) is 55.2 Å². The van der Waals surface area contributed by atoms with Crippen molar-refractivity contribution in [1.82, 2.24) is 19.4 Å². The molecule has 170 valence electrons. The van der Waals surface area contributed by atoms with Crippen LogP contribution >= 0.6 is 0 Å². The van der Waals surface area contributed by atoms with Crippen molar-refractivity contribution in [2.75, 3.05) is 51.8 Å². The van der Waals surface area contributed by atoms with Crippen LogP contribution in [0.4, 0.5) is 5.82 Å². The van der Waals surface area contributed by atoms with Gasteiger partial charge in [0.05, 0.1) is 31.4 Å². The lowest BCUT2D eigenvalue weighted by atomic mass is 10.1. The fourth-order valence-corrected chi connectivity index (χ4v) is 4.38. The number of hydrogen-bond acceptors (Lipinski definition) is 6. The first-order valence-corrected chi connectivity index (χ1v) is 11.4. The molecule has 0 bridgehead atoms. The molecule has 0 saturated carbocycles. The van der Waals surface area contributed by atoms with E-state index in [1.807, 2.05) is 30.3 Å². The Hall–Kier alpha value is -3.42. The first kappa shape index (κ1) is 21.4. The molecule has 0 amide bonds. The molecule has 2 aromatic heterocycles. The SMILES string of the molecule is COc1ccccc1-n1cc(-c2ccccc2)c2c(NCCCN3CCOCC3)ncnc21. The normalized spacial score (nSPS) is 14.5. The van der Waals surface area contributed by atoms with Gasteiger partial charge in [-0.2, -0.15) is 0 Å². The fourth-order valence-electron chi connectivity index (χ4n) is 4.38. The highest BCUT2D eigenvalue weighted by molar-refractivity contribution is 6.02. The van der Waals surface area contributed by atoms with Crippen LogP contribution in [0, 0.1) is 0 Å². The number of anilines is 1. The van der Waals surface area contributed by atoms with E-state index in [0.717, 1.165) is 85.2 Å². The van der Waals surface area contributed by atoms with Gasteiger partial charge < -0.3 is 14.8 Å². The number of nitrogens with one attached hydrogen (secondary N) is 1. The smallest absolute Gasteiger partial charge is 0.150 e. The van der Waals surface area contributed by atoms with E-state index < -0.39 is 0 Å². The molecular weight excluding hydrogens is 414 g/mol. The molecule has 1 fully saturated rings. The van der Waals surface area contributed by atoms with Gasteiger partial charge in [0.25, 0.3) is 0 Å². The van der Waals surface area contributed by atoms with Gasteiger partial charge in [0.2, 0.25) is 0 Å². The van der Waals surface area contributed by atoms with E-state index >= 15 is 0 Å². The summed E-state index contributed by atoms with van der Waals surface area (Å²) in [4.78, 5) is 11.8. The van der Waals surface area contributed by atoms with Crippen LogP contribution in [0.15, 0.2) is 67.1 Å². The molecule has 0 aliphatic carbocycles. The Morgan fingerprint density at radius 3 is 2.61 bits per heavy atom. The highest BCUT2D eigenvalue weighted by Crippen LogP contribution is 2.37. The molecule has 33 heavy (non-hydrogen) atoms. The van der Waals surface area contributed by atoms with Crippen LogP contribution in [-0.4, -0.2) is 65.9 Å². The largest absolute Gasteiger partial charge is 0.495 e. The van der Waals surface area contributed by atoms with Crippen molar-refractivity contribution >= 4 is 16.9 Å². The average molecular weight is 444 g/mol. The van der Waals surface area contributed by atoms with Crippen LogP contribution in [0.5, 0.6) is 5.75 Å². The van der Waals surface area contributed by atoms with E-state index in [1.165, 1.54) is 0 Å². The van der Waals surface area contributed by atoms with Gasteiger partial charge in [-0.15, -0.1) is 0 Å². The molecule has 7 nitrogen and oxygen atoms in total. The van der Waals surface area contributed by atoms with Gasteiger partial charge in [-0.3, -0.25) is 9.47 Å². The maximum Gasteiger partial charge on any atom is 0.150 e. The van der Waals surface area contributed by atoms with Gasteiger partial charge in [0.15, 0.2) is 5.65 Å². The molecular formula is C26H29N5O2. The third-order valence-corrected chi connectivity index (χ3v) is 6.06. The maximum absolute atomic E-state index is 5.64. The van der Waals surface area contributed by atoms with Crippen molar-refractivity contribution in [3.8, 4) is 22.6 Å². The van der Waals surface area contributed by atoms with Crippen LogP contribution in [0.1, 0.15) is 6.42 Å². The third-order valence-electron chi connectivity index (χ3n) is 6.06. The highest BCUT2D eigenvalue weighted by atomic mass is 16.5. The maximum atomic E-state index is 5.64. The van der Waals surface area contributed by atoms with Gasteiger partial charge in [-0.25, -0.2) is 9.97 Å². The zero-order chi connectivity index (χ0) is 22.5. The van der Waals surface area contributed by atoms with Crippen LogP contribution < -0.4 is 10.1 Å². The summed E-state index contributed by atoms with van der Waals surface area (Å²) in [6.45, 7) is 5.58. The van der Waals surface area contributed by atoms with E-state index in [4.69, 9.17) is 9.47 Å². The van der Waals surface area contributed by atoms with Crippen molar-refractivity contribution in [1.29, 1.82) is 0 Å². The minimum atomic E-state index is 0.799. The standard InChI is InChI=1S/C26H29N5O2/c1-32-23-11-6-5-10-22(23)31-18-21(20-8-3-2-4-9-20)24-25(28-19-29-26(24)31)27-12-7-13-30-14-16-33-17-15-30/h2-6,8-11,18-19H,7,12-17H2,1H3,(H,27,28,29). The first-order valence-electron chi connectivity index (χ1n) is 11.4. The molecule has 0 atom stereocenters. The third kappa shape index (κ3) is 4.55. The average Bonchev–Trinajstić information content (AvgIpc) is 3.28. The predicted octanol–water partition coefficient (Wildman–Crippen LogP) is 4.23. The molecule has 5 rings (SSSR count). The second kappa shape index (κ2) is 10.0. The van der Waals surface area contributed by atoms with Gasteiger partial charge in [0.1, 0.15) is 17.9 Å². The second-order valence-electron chi connectivity index (χ2n) is 8.11. The molecule has 1 saturated heterocycles. The lowest BCUT2D eigenvalue weighted by Crippen LogP contribution is -2.37. The number of morpholine rings is 1. The minimum absolute atomic E-state index is 0.799. The van der Waals surface area contributed by atoms with Crippen molar-refractivity contribution in [3.63, 3.8) is 0 Å². The summed E-state index contributed by atoms with van der Waals surface area (Å²) in [5, 5.41) is 4.59. The second-order valence-corrected chi connectivity index (χ2v) is 8.11. The zero-order valence-electron chi connectivity index (χ0n) is 18.9. The Kier molecular flexibility index (Phi) is 6.51. The number of aromatic nitrogens is 3. The summed E-state index contributed by atoms with van der Waals surface area (Å²) >= 11 is 0. The number of rotatable bonds is 8. The number of para-hydroxylation sites is 2. The van der Waals surface area contributed by atoms with E-state index in [9.17, 15) is 0 Å². The molecule has 7 heteroatoms. The molecule has 0 unspecified atom stereocenters. The summed E-state index contributed by atoms with van der Waals surface area (Å²) in [7, 11) is 1.69. The van der Waals surface area contributed by atoms with Crippen molar-refractivity contribution in [2.45, 2.75) is 6.42 Å². The molecule has 4 aromatic rings. The Balaban J connectivity index is 1.50. The van der Waals surface area contributed by atoms with Crippen LogP contribution in [0.3, 0.4) is 0 Å².